The van der Waals surface area contributed by atoms with Crippen molar-refractivity contribution in [3.05, 3.63) is 60.4 Å². The van der Waals surface area contributed by atoms with E-state index in [1.807, 2.05) is 0 Å². The molecule has 0 bridgehead atoms. The van der Waals surface area contributed by atoms with Crippen LogP contribution in [0.3, 0.4) is 0 Å². The molecule has 1 aliphatic rings. The van der Waals surface area contributed by atoms with E-state index in [9.17, 15) is 17.6 Å². The molecular weight excluding hydrogens is 319 g/mol. The summed E-state index contributed by atoms with van der Waals surface area (Å²) >= 11 is 0. The van der Waals surface area contributed by atoms with Crippen molar-refractivity contribution < 1.29 is 17.6 Å². The molecule has 1 N–H and O–H groups in total. The minimum atomic E-state index is -3.68. The van der Waals surface area contributed by atoms with E-state index in [2.05, 4.69) is 4.72 Å². The van der Waals surface area contributed by atoms with E-state index < -0.39 is 21.9 Å². The smallest absolute Gasteiger partial charge is 0.240 e. The lowest BCUT2D eigenvalue weighted by Gasteiger charge is -2.17. The number of benzene rings is 2. The number of amides is 1. The number of hydrogen-bond donors (Lipinski definition) is 1. The van der Waals surface area contributed by atoms with Crippen molar-refractivity contribution in [3.8, 4) is 0 Å². The van der Waals surface area contributed by atoms with Crippen LogP contribution in [0.25, 0.3) is 0 Å². The zero-order valence-electron chi connectivity index (χ0n) is 12.1. The molecule has 0 unspecified atom stereocenters. The van der Waals surface area contributed by atoms with Crippen molar-refractivity contribution in [2.45, 2.75) is 17.4 Å². The van der Waals surface area contributed by atoms with E-state index in [4.69, 9.17) is 0 Å². The summed E-state index contributed by atoms with van der Waals surface area (Å²) in [6, 6.07) is 13.1. The van der Waals surface area contributed by atoms with Gasteiger partial charge in [-0.25, -0.2) is 17.5 Å². The van der Waals surface area contributed by atoms with Crippen molar-refractivity contribution in [2.75, 3.05) is 11.4 Å². The van der Waals surface area contributed by atoms with Gasteiger partial charge in [0, 0.05) is 24.7 Å². The van der Waals surface area contributed by atoms with Crippen molar-refractivity contribution >= 4 is 21.6 Å². The van der Waals surface area contributed by atoms with Gasteiger partial charge in [0.1, 0.15) is 5.82 Å². The fourth-order valence-electron chi connectivity index (χ4n) is 2.57. The van der Waals surface area contributed by atoms with Gasteiger partial charge in [-0.1, -0.05) is 24.3 Å². The lowest BCUT2D eigenvalue weighted by molar-refractivity contribution is -0.117. The molecule has 1 aliphatic heterocycles. The fourth-order valence-corrected chi connectivity index (χ4v) is 3.82. The van der Waals surface area contributed by atoms with Crippen molar-refractivity contribution in [1.29, 1.82) is 0 Å². The average molecular weight is 334 g/mol. The van der Waals surface area contributed by atoms with Crippen LogP contribution in [0.5, 0.6) is 0 Å². The third-order valence-electron chi connectivity index (χ3n) is 3.62. The van der Waals surface area contributed by atoms with E-state index in [-0.39, 0.29) is 23.8 Å². The molecule has 120 valence electrons. The van der Waals surface area contributed by atoms with Crippen molar-refractivity contribution in [3.63, 3.8) is 0 Å². The van der Waals surface area contributed by atoms with Crippen LogP contribution in [0.1, 0.15) is 6.42 Å². The van der Waals surface area contributed by atoms with Gasteiger partial charge in [-0.2, -0.15) is 0 Å². The Morgan fingerprint density at radius 3 is 2.52 bits per heavy atom. The molecule has 7 heteroatoms. The minimum absolute atomic E-state index is 0.0442. The van der Waals surface area contributed by atoms with Crippen LogP contribution >= 0.6 is 0 Å². The van der Waals surface area contributed by atoms with Crippen LogP contribution in [-0.4, -0.2) is 26.9 Å². The highest BCUT2D eigenvalue weighted by molar-refractivity contribution is 7.89. The summed E-state index contributed by atoms with van der Waals surface area (Å²) in [5.41, 5.74) is 0.427. The molecule has 0 spiro atoms. The quantitative estimate of drug-likeness (QED) is 0.929. The lowest BCUT2D eigenvalue weighted by atomic mass is 10.3. The number of carbonyl (C=O) groups excluding carboxylic acids is 1. The molecule has 0 aromatic heterocycles. The Labute approximate surface area is 133 Å². The van der Waals surface area contributed by atoms with Gasteiger partial charge >= 0.3 is 0 Å². The Morgan fingerprint density at radius 1 is 1.09 bits per heavy atom. The van der Waals surface area contributed by atoms with Gasteiger partial charge in [0.15, 0.2) is 0 Å². The SMILES string of the molecule is O=C1C[C@H](NS(=O)(=O)c2ccccc2)CN1c1cccc(F)c1. The van der Waals surface area contributed by atoms with Gasteiger partial charge in [-0.15, -0.1) is 0 Å². The summed E-state index contributed by atoms with van der Waals surface area (Å²) in [6.07, 6.45) is 0.0442. The number of nitrogens with one attached hydrogen (secondary N) is 1. The lowest BCUT2D eigenvalue weighted by Crippen LogP contribution is -2.37. The zero-order chi connectivity index (χ0) is 16.4. The molecule has 2 aromatic carbocycles. The molecule has 1 saturated heterocycles. The molecule has 0 saturated carbocycles. The highest BCUT2D eigenvalue weighted by Gasteiger charge is 2.33. The number of halogens is 1. The van der Waals surface area contributed by atoms with E-state index in [1.165, 1.54) is 35.2 Å². The number of hydrogen-bond acceptors (Lipinski definition) is 3. The molecule has 2 aromatic rings. The Bertz CT molecular complexity index is 824. The second-order valence-corrected chi connectivity index (χ2v) is 7.03. The molecule has 0 aliphatic carbocycles. The maximum absolute atomic E-state index is 13.3. The summed E-state index contributed by atoms with van der Waals surface area (Å²) in [6.45, 7) is 0.175. The zero-order valence-corrected chi connectivity index (χ0v) is 13.0. The maximum atomic E-state index is 13.3. The predicted molar refractivity (Wildman–Crippen MR) is 83.9 cm³/mol. The van der Waals surface area contributed by atoms with Crippen LogP contribution in [0.15, 0.2) is 59.5 Å². The summed E-state index contributed by atoms with van der Waals surface area (Å²) in [7, 11) is -3.68. The Morgan fingerprint density at radius 2 is 1.83 bits per heavy atom. The summed E-state index contributed by atoms with van der Waals surface area (Å²) < 4.78 is 40.4. The molecule has 0 radical (unpaired) electrons. The van der Waals surface area contributed by atoms with Crippen LogP contribution in [0, 0.1) is 5.82 Å². The monoisotopic (exact) mass is 334 g/mol. The molecular formula is C16H15FN2O3S. The van der Waals surface area contributed by atoms with Gasteiger partial charge in [0.2, 0.25) is 15.9 Å². The maximum Gasteiger partial charge on any atom is 0.240 e. The van der Waals surface area contributed by atoms with Crippen LogP contribution in [-0.2, 0) is 14.8 Å². The third kappa shape index (κ3) is 3.40. The third-order valence-corrected chi connectivity index (χ3v) is 5.16. The Hall–Kier alpha value is -2.25. The molecule has 1 amide bonds. The molecule has 1 heterocycles. The number of rotatable bonds is 4. The summed E-state index contributed by atoms with van der Waals surface area (Å²) in [5.74, 6) is -0.681. The molecule has 3 rings (SSSR count). The standard InChI is InChI=1S/C16H15FN2O3S/c17-12-5-4-6-14(9-12)19-11-13(10-16(19)20)18-23(21,22)15-7-2-1-3-8-15/h1-9,13,18H,10-11H2/t13-/m0/s1. The van der Waals surface area contributed by atoms with E-state index in [1.54, 1.807) is 24.3 Å². The first-order valence-corrected chi connectivity index (χ1v) is 8.57. The van der Waals surface area contributed by atoms with E-state index in [0.29, 0.717) is 5.69 Å². The molecule has 1 fully saturated rings. The van der Waals surface area contributed by atoms with Gasteiger partial charge in [0.05, 0.1) is 4.90 Å². The highest BCUT2D eigenvalue weighted by atomic mass is 32.2. The number of sulfonamides is 1. The van der Waals surface area contributed by atoms with Crippen LogP contribution in [0.2, 0.25) is 0 Å². The first-order valence-electron chi connectivity index (χ1n) is 7.09. The van der Waals surface area contributed by atoms with Crippen molar-refractivity contribution in [1.82, 2.24) is 4.72 Å². The van der Waals surface area contributed by atoms with Crippen LogP contribution in [0.4, 0.5) is 10.1 Å². The molecule has 5 nitrogen and oxygen atoms in total. The first kappa shape index (κ1) is 15.6. The van der Waals surface area contributed by atoms with Gasteiger partial charge in [0.25, 0.3) is 0 Å². The number of carbonyl (C=O) groups is 1. The van der Waals surface area contributed by atoms with Gasteiger partial charge in [-0.05, 0) is 30.3 Å². The second-order valence-electron chi connectivity index (χ2n) is 5.32. The highest BCUT2D eigenvalue weighted by Crippen LogP contribution is 2.23. The van der Waals surface area contributed by atoms with Crippen LogP contribution < -0.4 is 9.62 Å². The Kier molecular flexibility index (Phi) is 4.14. The van der Waals surface area contributed by atoms with Gasteiger partial charge < -0.3 is 4.90 Å². The fraction of sp³-hybridized carbons (Fsp3) is 0.188. The first-order chi connectivity index (χ1) is 11.0. The normalized spacial score (nSPS) is 18.4. The summed E-state index contributed by atoms with van der Waals surface area (Å²) in [4.78, 5) is 13.6. The average Bonchev–Trinajstić information content (AvgIpc) is 2.88. The Balaban J connectivity index is 1.76. The minimum Gasteiger partial charge on any atom is -0.311 e. The topological polar surface area (TPSA) is 66.5 Å². The van der Waals surface area contributed by atoms with Crippen molar-refractivity contribution in [2.24, 2.45) is 0 Å². The van der Waals surface area contributed by atoms with E-state index in [0.717, 1.165) is 0 Å². The van der Waals surface area contributed by atoms with E-state index >= 15 is 0 Å². The largest absolute Gasteiger partial charge is 0.311 e. The summed E-state index contributed by atoms with van der Waals surface area (Å²) in [5, 5.41) is 0. The second kappa shape index (κ2) is 6.10. The molecule has 1 atom stereocenters. The number of anilines is 1. The molecule has 23 heavy (non-hydrogen) atoms. The predicted octanol–water partition coefficient (Wildman–Crippen LogP) is 1.91. The van der Waals surface area contributed by atoms with Gasteiger partial charge in [-0.3, -0.25) is 4.79 Å². The number of nitrogens with zero attached hydrogens (tertiary/aromatic N) is 1.